The minimum atomic E-state index is -3.18. The van der Waals surface area contributed by atoms with Gasteiger partial charge in [-0.25, -0.2) is 0 Å². The van der Waals surface area contributed by atoms with Crippen molar-refractivity contribution in [2.75, 3.05) is 26.3 Å². The van der Waals surface area contributed by atoms with Gasteiger partial charge in [-0.3, -0.25) is 19.8 Å². The van der Waals surface area contributed by atoms with Crippen LogP contribution in [0.2, 0.25) is 0 Å². The zero-order chi connectivity index (χ0) is 34.2. The summed E-state index contributed by atoms with van der Waals surface area (Å²) in [5.74, 6) is -4.61. The number of nitrogens with two attached hydrogens (primary N) is 1. The minimum absolute atomic E-state index is 0.0723. The molecule has 0 radical (unpaired) electrons. The van der Waals surface area contributed by atoms with E-state index in [9.17, 15) is 23.2 Å². The van der Waals surface area contributed by atoms with E-state index in [0.29, 0.717) is 37.0 Å². The quantitative estimate of drug-likeness (QED) is 0.0503. The van der Waals surface area contributed by atoms with Gasteiger partial charge in [0.1, 0.15) is 11.9 Å². The van der Waals surface area contributed by atoms with Crippen LogP contribution in [0.1, 0.15) is 64.2 Å². The fourth-order valence-electron chi connectivity index (χ4n) is 6.87. The van der Waals surface area contributed by atoms with Gasteiger partial charge in [0.05, 0.1) is 19.2 Å². The standard InChI is InChI=1S/C33H34F2N8O4S/c1-18(26-13-20(17-48-26)29(36)37)41-31(46)25-14-32(8-10-47-11-9-40-42-38)15-27(32)43(25)28(44)16-39-30(45)19-6-7-24-22(12-19)21-4-2-3-5-23(21)33(24,34)35/h2-7,12-13,17-18,25,27H,8-11,14-16H2,1H3,(H3,36,37)(H,39,45)(H,41,46)/t18-,25+,27+,32+/m1/s1. The number of amidine groups is 1. The van der Waals surface area contributed by atoms with Crippen LogP contribution in [0, 0.1) is 10.8 Å². The molecule has 0 unspecified atom stereocenters. The minimum Gasteiger partial charge on any atom is -0.384 e. The molecule has 1 saturated heterocycles. The molecule has 5 N–H and O–H groups in total. The lowest BCUT2D eigenvalue weighted by Gasteiger charge is -2.28. The summed E-state index contributed by atoms with van der Waals surface area (Å²) in [7, 11) is 0. The monoisotopic (exact) mass is 676 g/mol. The Kier molecular flexibility index (Phi) is 8.94. The summed E-state index contributed by atoms with van der Waals surface area (Å²) in [6.45, 7) is 2.26. The normalized spacial score (nSPS) is 21.7. The molecule has 0 bridgehead atoms. The van der Waals surface area contributed by atoms with Gasteiger partial charge in [-0.05, 0) is 66.5 Å². The summed E-state index contributed by atoms with van der Waals surface area (Å²) in [6.07, 6.45) is 1.69. The summed E-state index contributed by atoms with van der Waals surface area (Å²) < 4.78 is 35.6. The zero-order valence-electron chi connectivity index (χ0n) is 26.0. The molecule has 1 saturated carbocycles. The molecular formula is C33H34F2N8O4S. The molecule has 0 spiro atoms. The van der Waals surface area contributed by atoms with Crippen molar-refractivity contribution in [2.24, 2.45) is 16.3 Å². The van der Waals surface area contributed by atoms with Gasteiger partial charge in [-0.15, -0.1) is 11.3 Å². The molecule has 12 nitrogen and oxygen atoms in total. The highest BCUT2D eigenvalue weighted by Gasteiger charge is 2.66. The first-order chi connectivity index (χ1) is 23.0. The van der Waals surface area contributed by atoms with E-state index in [1.54, 1.807) is 34.5 Å². The second-order valence-corrected chi connectivity index (χ2v) is 13.3. The highest BCUT2D eigenvalue weighted by Crippen LogP contribution is 2.61. The number of rotatable bonds is 13. The van der Waals surface area contributed by atoms with Gasteiger partial charge in [-0.1, -0.05) is 35.4 Å². The number of nitrogens with zero attached hydrogens (tertiary/aromatic N) is 4. The van der Waals surface area contributed by atoms with Gasteiger partial charge in [0.2, 0.25) is 11.8 Å². The van der Waals surface area contributed by atoms with Crippen molar-refractivity contribution < 1.29 is 27.9 Å². The smallest absolute Gasteiger partial charge is 0.299 e. The van der Waals surface area contributed by atoms with E-state index in [-0.39, 0.29) is 65.1 Å². The Balaban J connectivity index is 1.14. The molecule has 2 heterocycles. The van der Waals surface area contributed by atoms with E-state index in [1.165, 1.54) is 35.6 Å². The first kappa shape index (κ1) is 33.1. The molecular weight excluding hydrogens is 642 g/mol. The van der Waals surface area contributed by atoms with Gasteiger partial charge >= 0.3 is 0 Å². The number of fused-ring (bicyclic) bond motifs is 4. The molecule has 15 heteroatoms. The van der Waals surface area contributed by atoms with Crippen LogP contribution in [0.3, 0.4) is 0 Å². The third-order valence-electron chi connectivity index (χ3n) is 9.44. The van der Waals surface area contributed by atoms with Crippen LogP contribution < -0.4 is 16.4 Å². The van der Waals surface area contributed by atoms with Gasteiger partial charge in [0, 0.05) is 56.6 Å². The van der Waals surface area contributed by atoms with E-state index >= 15 is 0 Å². The number of halogens is 2. The molecule has 4 atom stereocenters. The van der Waals surface area contributed by atoms with E-state index < -0.39 is 29.8 Å². The van der Waals surface area contributed by atoms with Crippen molar-refractivity contribution in [2.45, 2.75) is 50.2 Å². The predicted molar refractivity (Wildman–Crippen MR) is 175 cm³/mol. The van der Waals surface area contributed by atoms with Crippen LogP contribution in [0.4, 0.5) is 8.78 Å². The number of piperidine rings is 1. The number of alkyl halides is 2. The van der Waals surface area contributed by atoms with Crippen LogP contribution in [0.25, 0.3) is 21.6 Å². The number of hydrogen-bond donors (Lipinski definition) is 4. The number of azide groups is 1. The number of carbonyl (C=O) groups excluding carboxylic acids is 3. The number of thiophene rings is 1. The number of benzene rings is 2. The number of carbonyl (C=O) groups is 3. The number of nitrogen functional groups attached to an aromatic ring is 1. The summed E-state index contributed by atoms with van der Waals surface area (Å²) >= 11 is 1.37. The highest BCUT2D eigenvalue weighted by atomic mass is 32.1. The summed E-state index contributed by atoms with van der Waals surface area (Å²) in [5.41, 5.74) is 14.8. The lowest BCUT2D eigenvalue weighted by Crippen LogP contribution is -2.51. The first-order valence-corrected chi connectivity index (χ1v) is 16.4. The maximum absolute atomic E-state index is 15.0. The molecule has 2 aliphatic carbocycles. The van der Waals surface area contributed by atoms with Gasteiger partial charge < -0.3 is 26.0 Å². The molecule has 2 aromatic carbocycles. The van der Waals surface area contributed by atoms with E-state index in [0.717, 1.165) is 4.88 Å². The number of nitrogens with one attached hydrogen (secondary N) is 3. The fourth-order valence-corrected chi connectivity index (χ4v) is 7.79. The van der Waals surface area contributed by atoms with Crippen LogP contribution in [-0.2, 0) is 20.2 Å². The topological polar surface area (TPSA) is 186 Å². The number of amides is 3. The molecule has 3 amide bonds. The molecule has 6 rings (SSSR count). The van der Waals surface area contributed by atoms with Crippen LogP contribution >= 0.6 is 11.3 Å². The third-order valence-corrected chi connectivity index (χ3v) is 10.6. The van der Waals surface area contributed by atoms with Crippen LogP contribution in [0.15, 0.2) is 59.0 Å². The maximum atomic E-state index is 15.0. The Bertz CT molecular complexity index is 1840. The van der Waals surface area contributed by atoms with E-state index in [1.807, 2.05) is 6.92 Å². The average molecular weight is 677 g/mol. The molecule has 2 fully saturated rings. The van der Waals surface area contributed by atoms with Crippen molar-refractivity contribution in [3.05, 3.63) is 91.5 Å². The maximum Gasteiger partial charge on any atom is 0.299 e. The van der Waals surface area contributed by atoms with E-state index in [2.05, 4.69) is 20.7 Å². The highest BCUT2D eigenvalue weighted by molar-refractivity contribution is 7.10. The lowest BCUT2D eigenvalue weighted by atomic mass is 9.95. The molecule has 48 heavy (non-hydrogen) atoms. The summed E-state index contributed by atoms with van der Waals surface area (Å²) in [4.78, 5) is 45.6. The average Bonchev–Trinajstić information content (AvgIpc) is 3.35. The van der Waals surface area contributed by atoms with Crippen molar-refractivity contribution in [1.82, 2.24) is 15.5 Å². The van der Waals surface area contributed by atoms with Crippen LogP contribution in [-0.4, -0.2) is 66.8 Å². The number of hydrogen-bond acceptors (Lipinski definition) is 7. The Hall–Kier alpha value is -4.85. The molecule has 3 aliphatic rings. The largest absolute Gasteiger partial charge is 0.384 e. The second kappa shape index (κ2) is 13.0. The van der Waals surface area contributed by atoms with E-state index in [4.69, 9.17) is 21.4 Å². The Labute approximate surface area is 278 Å². The molecule has 1 aromatic heterocycles. The van der Waals surface area contributed by atoms with Crippen molar-refractivity contribution in [1.29, 1.82) is 5.41 Å². The molecule has 3 aromatic rings. The van der Waals surface area contributed by atoms with Crippen molar-refractivity contribution >= 4 is 34.9 Å². The second-order valence-electron chi connectivity index (χ2n) is 12.4. The Morgan fingerprint density at radius 2 is 1.92 bits per heavy atom. The van der Waals surface area contributed by atoms with Crippen LogP contribution in [0.5, 0.6) is 0 Å². The number of ether oxygens (including phenoxy) is 1. The SMILES string of the molecule is C[C@@H](NC(=O)[C@@H]1C[C@@]2(CCOCCN=[N+]=[N-])C[C@@H]2N1C(=O)CNC(=O)c1ccc2c(c1)-c1ccccc1C2(F)F)c1cc(C(=N)N)cs1. The molecule has 250 valence electrons. The molecule has 1 aliphatic heterocycles. The zero-order valence-corrected chi connectivity index (χ0v) is 26.9. The predicted octanol–water partition coefficient (Wildman–Crippen LogP) is 4.84. The fraction of sp³-hybridized carbons (Fsp3) is 0.394. The number of likely N-dealkylation sites (tertiary alicyclic amines) is 1. The summed E-state index contributed by atoms with van der Waals surface area (Å²) in [6, 6.07) is 10.5. The Morgan fingerprint density at radius 1 is 1.15 bits per heavy atom. The third kappa shape index (κ3) is 6.12. The van der Waals surface area contributed by atoms with Gasteiger partial charge in [0.25, 0.3) is 11.8 Å². The van der Waals surface area contributed by atoms with Crippen molar-refractivity contribution in [3.63, 3.8) is 0 Å². The lowest BCUT2D eigenvalue weighted by molar-refractivity contribution is -0.139. The first-order valence-electron chi connectivity index (χ1n) is 15.5. The van der Waals surface area contributed by atoms with Crippen molar-refractivity contribution in [3.8, 4) is 11.1 Å². The van der Waals surface area contributed by atoms with Gasteiger partial charge in [0.15, 0.2) is 0 Å². The summed E-state index contributed by atoms with van der Waals surface area (Å²) in [5, 5.41) is 18.5. The van der Waals surface area contributed by atoms with Gasteiger partial charge in [-0.2, -0.15) is 8.78 Å². The Morgan fingerprint density at radius 3 is 2.67 bits per heavy atom.